The molecule has 82 valence electrons. The standard InChI is InChI=1S/C11H20O3/c1-4-9(13)8(3)11-10(14-11)5-7(2)6-12/h6-11,13H,4-5H2,1-3H3/t7-,8+,9-,10+,11+/m0/s1. The van der Waals surface area contributed by atoms with Crippen LogP contribution in [0.25, 0.3) is 0 Å². The fourth-order valence-electron chi connectivity index (χ4n) is 1.82. The van der Waals surface area contributed by atoms with Crippen LogP contribution in [0.2, 0.25) is 0 Å². The van der Waals surface area contributed by atoms with Gasteiger partial charge in [0, 0.05) is 11.8 Å². The lowest BCUT2D eigenvalue weighted by molar-refractivity contribution is -0.110. The van der Waals surface area contributed by atoms with Gasteiger partial charge in [-0.3, -0.25) is 0 Å². The van der Waals surface area contributed by atoms with E-state index in [9.17, 15) is 9.90 Å². The molecule has 3 heteroatoms. The van der Waals surface area contributed by atoms with E-state index in [1.165, 1.54) is 0 Å². The molecule has 1 N–H and O–H groups in total. The topological polar surface area (TPSA) is 49.8 Å². The van der Waals surface area contributed by atoms with E-state index in [0.29, 0.717) is 0 Å². The van der Waals surface area contributed by atoms with Crippen molar-refractivity contribution in [3.05, 3.63) is 0 Å². The molecule has 0 saturated carbocycles. The predicted octanol–water partition coefficient (Wildman–Crippen LogP) is 1.39. The van der Waals surface area contributed by atoms with Gasteiger partial charge in [-0.2, -0.15) is 0 Å². The second-order valence-electron chi connectivity index (χ2n) is 4.32. The van der Waals surface area contributed by atoms with E-state index >= 15 is 0 Å². The first-order chi connectivity index (χ1) is 6.60. The van der Waals surface area contributed by atoms with Gasteiger partial charge in [-0.1, -0.05) is 20.8 Å². The summed E-state index contributed by atoms with van der Waals surface area (Å²) in [5.41, 5.74) is 0. The number of carbonyl (C=O) groups is 1. The molecule has 0 unspecified atom stereocenters. The number of ether oxygens (including phenoxy) is 1. The summed E-state index contributed by atoms with van der Waals surface area (Å²) in [5, 5.41) is 9.60. The largest absolute Gasteiger partial charge is 0.393 e. The number of hydrogen-bond acceptors (Lipinski definition) is 3. The van der Waals surface area contributed by atoms with E-state index in [0.717, 1.165) is 19.1 Å². The summed E-state index contributed by atoms with van der Waals surface area (Å²) in [4.78, 5) is 10.4. The molecule has 5 atom stereocenters. The van der Waals surface area contributed by atoms with Gasteiger partial charge in [0.25, 0.3) is 0 Å². The molecule has 0 aliphatic carbocycles. The van der Waals surface area contributed by atoms with Crippen LogP contribution in [0.15, 0.2) is 0 Å². The lowest BCUT2D eigenvalue weighted by atomic mass is 9.94. The zero-order chi connectivity index (χ0) is 10.7. The molecule has 1 heterocycles. The highest BCUT2D eigenvalue weighted by molar-refractivity contribution is 5.52. The van der Waals surface area contributed by atoms with Crippen LogP contribution in [0, 0.1) is 11.8 Å². The molecular weight excluding hydrogens is 180 g/mol. The molecule has 1 fully saturated rings. The first-order valence-corrected chi connectivity index (χ1v) is 5.39. The van der Waals surface area contributed by atoms with Crippen LogP contribution < -0.4 is 0 Å². The number of carbonyl (C=O) groups excluding carboxylic acids is 1. The molecule has 1 aliphatic heterocycles. The minimum Gasteiger partial charge on any atom is -0.393 e. The summed E-state index contributed by atoms with van der Waals surface area (Å²) < 4.78 is 5.46. The van der Waals surface area contributed by atoms with Crippen molar-refractivity contribution in [1.29, 1.82) is 0 Å². The van der Waals surface area contributed by atoms with Crippen molar-refractivity contribution in [3.8, 4) is 0 Å². The van der Waals surface area contributed by atoms with E-state index in [4.69, 9.17) is 4.74 Å². The molecule has 0 amide bonds. The van der Waals surface area contributed by atoms with Crippen molar-refractivity contribution in [3.63, 3.8) is 0 Å². The maximum atomic E-state index is 10.4. The zero-order valence-electron chi connectivity index (χ0n) is 9.14. The zero-order valence-corrected chi connectivity index (χ0v) is 9.14. The van der Waals surface area contributed by atoms with Gasteiger partial charge in [0.2, 0.25) is 0 Å². The fraction of sp³-hybridized carbons (Fsp3) is 0.909. The molecule has 0 aromatic heterocycles. The van der Waals surface area contributed by atoms with Crippen molar-refractivity contribution >= 4 is 6.29 Å². The third kappa shape index (κ3) is 2.79. The Bertz CT molecular complexity index is 193. The molecular formula is C11H20O3. The third-order valence-corrected chi connectivity index (χ3v) is 3.00. The first-order valence-electron chi connectivity index (χ1n) is 5.39. The van der Waals surface area contributed by atoms with Crippen LogP contribution in [-0.4, -0.2) is 29.7 Å². The Morgan fingerprint density at radius 2 is 2.14 bits per heavy atom. The molecule has 1 rings (SSSR count). The molecule has 0 aromatic carbocycles. The minimum atomic E-state index is -0.281. The molecule has 0 radical (unpaired) electrons. The van der Waals surface area contributed by atoms with Crippen molar-refractivity contribution in [2.24, 2.45) is 11.8 Å². The van der Waals surface area contributed by atoms with Gasteiger partial charge < -0.3 is 14.6 Å². The first kappa shape index (κ1) is 11.7. The van der Waals surface area contributed by atoms with Crippen molar-refractivity contribution in [2.45, 2.75) is 51.9 Å². The quantitative estimate of drug-likeness (QED) is 0.520. The monoisotopic (exact) mass is 200 g/mol. The Morgan fingerprint density at radius 1 is 1.50 bits per heavy atom. The van der Waals surface area contributed by atoms with Gasteiger partial charge in [0.15, 0.2) is 0 Å². The SMILES string of the molecule is CC[C@H](O)[C@@H](C)[C@H]1O[C@@H]1C[C@H](C)C=O. The van der Waals surface area contributed by atoms with Crippen LogP contribution in [0.3, 0.4) is 0 Å². The van der Waals surface area contributed by atoms with E-state index in [2.05, 4.69) is 0 Å². The summed E-state index contributed by atoms with van der Waals surface area (Å²) in [6.07, 6.45) is 2.57. The average Bonchev–Trinajstić information content (AvgIpc) is 2.94. The minimum absolute atomic E-state index is 0.0657. The van der Waals surface area contributed by atoms with Crippen LogP contribution in [0.1, 0.15) is 33.6 Å². The van der Waals surface area contributed by atoms with Gasteiger partial charge in [0.05, 0.1) is 18.3 Å². The number of hydrogen-bond donors (Lipinski definition) is 1. The second kappa shape index (κ2) is 4.89. The summed E-state index contributed by atoms with van der Waals surface area (Å²) >= 11 is 0. The van der Waals surface area contributed by atoms with E-state index < -0.39 is 0 Å². The Morgan fingerprint density at radius 3 is 2.64 bits per heavy atom. The Balaban J connectivity index is 2.28. The lowest BCUT2D eigenvalue weighted by Crippen LogP contribution is -2.23. The van der Waals surface area contributed by atoms with Crippen LogP contribution >= 0.6 is 0 Å². The lowest BCUT2D eigenvalue weighted by Gasteiger charge is -2.14. The average molecular weight is 200 g/mol. The maximum Gasteiger partial charge on any atom is 0.122 e. The number of aliphatic hydroxyl groups is 1. The van der Waals surface area contributed by atoms with E-state index in [-0.39, 0.29) is 30.1 Å². The molecule has 0 aromatic rings. The van der Waals surface area contributed by atoms with Gasteiger partial charge in [-0.05, 0) is 12.8 Å². The van der Waals surface area contributed by atoms with Crippen molar-refractivity contribution < 1.29 is 14.6 Å². The van der Waals surface area contributed by atoms with Crippen molar-refractivity contribution in [1.82, 2.24) is 0 Å². The normalized spacial score (nSPS) is 32.0. The molecule has 3 nitrogen and oxygen atoms in total. The molecule has 1 aliphatic rings. The number of aldehydes is 1. The molecule has 14 heavy (non-hydrogen) atoms. The highest BCUT2D eigenvalue weighted by atomic mass is 16.6. The van der Waals surface area contributed by atoms with Crippen molar-refractivity contribution in [2.75, 3.05) is 0 Å². The maximum absolute atomic E-state index is 10.4. The Hall–Kier alpha value is -0.410. The van der Waals surface area contributed by atoms with Gasteiger partial charge >= 0.3 is 0 Å². The summed E-state index contributed by atoms with van der Waals surface area (Å²) in [5.74, 6) is 0.250. The molecule has 0 bridgehead atoms. The smallest absolute Gasteiger partial charge is 0.122 e. The van der Waals surface area contributed by atoms with Crippen LogP contribution in [-0.2, 0) is 9.53 Å². The van der Waals surface area contributed by atoms with Crippen LogP contribution in [0.5, 0.6) is 0 Å². The predicted molar refractivity (Wildman–Crippen MR) is 54.0 cm³/mol. The Labute approximate surface area is 85.5 Å². The second-order valence-corrected chi connectivity index (χ2v) is 4.32. The van der Waals surface area contributed by atoms with Gasteiger partial charge in [0.1, 0.15) is 6.29 Å². The molecule has 0 spiro atoms. The van der Waals surface area contributed by atoms with Gasteiger partial charge in [-0.15, -0.1) is 0 Å². The fourth-order valence-corrected chi connectivity index (χ4v) is 1.82. The van der Waals surface area contributed by atoms with Crippen LogP contribution in [0.4, 0.5) is 0 Å². The number of epoxide rings is 1. The highest BCUT2D eigenvalue weighted by Gasteiger charge is 2.45. The number of aliphatic hydroxyl groups excluding tert-OH is 1. The number of rotatable bonds is 6. The molecule has 1 saturated heterocycles. The van der Waals surface area contributed by atoms with Gasteiger partial charge in [-0.25, -0.2) is 0 Å². The summed E-state index contributed by atoms with van der Waals surface area (Å²) in [7, 11) is 0. The summed E-state index contributed by atoms with van der Waals surface area (Å²) in [6, 6.07) is 0. The highest BCUT2D eigenvalue weighted by Crippen LogP contribution is 2.35. The Kier molecular flexibility index (Phi) is 4.08. The third-order valence-electron chi connectivity index (χ3n) is 3.00. The van der Waals surface area contributed by atoms with E-state index in [1.54, 1.807) is 0 Å². The summed E-state index contributed by atoms with van der Waals surface area (Å²) in [6.45, 7) is 5.86. The van der Waals surface area contributed by atoms with E-state index in [1.807, 2.05) is 20.8 Å².